The molecule has 0 saturated carbocycles. The maximum Gasteiger partial charge on any atom is 0.0590 e. The Labute approximate surface area is 142 Å². The number of rotatable bonds is 3. The molecular weight excluding hydrogens is 369 g/mol. The van der Waals surface area contributed by atoms with Gasteiger partial charge in [0.25, 0.3) is 0 Å². The van der Waals surface area contributed by atoms with Gasteiger partial charge in [0.15, 0.2) is 0 Å². The molecule has 0 radical (unpaired) electrons. The van der Waals surface area contributed by atoms with Crippen molar-refractivity contribution in [3.8, 4) is 0 Å². The number of halogens is 1. The molecule has 21 heavy (non-hydrogen) atoms. The number of nitrogens with one attached hydrogen (secondary N) is 1. The summed E-state index contributed by atoms with van der Waals surface area (Å²) in [6.45, 7) is 11.2. The van der Waals surface area contributed by atoms with E-state index in [4.69, 9.17) is 0 Å². The highest BCUT2D eigenvalue weighted by molar-refractivity contribution is 14.1. The minimum Gasteiger partial charge on any atom is -0.309 e. The highest BCUT2D eigenvalue weighted by atomic mass is 127. The van der Waals surface area contributed by atoms with E-state index in [-0.39, 0.29) is 6.04 Å². The first kappa shape index (κ1) is 16.5. The predicted molar refractivity (Wildman–Crippen MR) is 100 cm³/mol. The monoisotopic (exact) mass is 393 g/mol. The van der Waals surface area contributed by atoms with Crippen LogP contribution in [0.15, 0.2) is 24.3 Å². The third-order valence-electron chi connectivity index (χ3n) is 4.85. The van der Waals surface area contributed by atoms with E-state index < -0.39 is 0 Å². The third-order valence-corrected chi connectivity index (χ3v) is 5.83. The van der Waals surface area contributed by atoms with E-state index in [2.05, 4.69) is 93.8 Å². The molecule has 2 heteroatoms. The fourth-order valence-corrected chi connectivity index (χ4v) is 3.83. The summed E-state index contributed by atoms with van der Waals surface area (Å²) < 4.78 is 1.31. The number of hydrogen-bond acceptors (Lipinski definition) is 1. The van der Waals surface area contributed by atoms with Gasteiger partial charge in [0.1, 0.15) is 0 Å². The highest BCUT2D eigenvalue weighted by Gasteiger charge is 2.21. The molecule has 0 saturated heterocycles. The summed E-state index contributed by atoms with van der Waals surface area (Å²) in [5.41, 5.74) is 9.87. The van der Waals surface area contributed by atoms with E-state index in [1.807, 2.05) is 0 Å². The lowest BCUT2D eigenvalue weighted by Gasteiger charge is -2.26. The second-order valence-electron chi connectivity index (χ2n) is 5.78. The van der Waals surface area contributed by atoms with Gasteiger partial charge in [-0.1, -0.05) is 18.2 Å². The third kappa shape index (κ3) is 2.88. The molecule has 0 aromatic heterocycles. The lowest BCUT2D eigenvalue weighted by atomic mass is 9.84. The summed E-state index contributed by atoms with van der Waals surface area (Å²) >= 11 is 2.43. The maximum atomic E-state index is 3.53. The number of benzene rings is 2. The topological polar surface area (TPSA) is 12.0 Å². The highest BCUT2D eigenvalue weighted by Crippen LogP contribution is 2.34. The minimum absolute atomic E-state index is 0.246. The van der Waals surface area contributed by atoms with Gasteiger partial charge < -0.3 is 5.32 Å². The van der Waals surface area contributed by atoms with Crippen LogP contribution >= 0.6 is 22.6 Å². The second-order valence-corrected chi connectivity index (χ2v) is 6.94. The van der Waals surface area contributed by atoms with E-state index in [1.54, 1.807) is 0 Å². The van der Waals surface area contributed by atoms with Crippen LogP contribution in [-0.2, 0) is 0 Å². The lowest BCUT2D eigenvalue weighted by molar-refractivity contribution is 0.677. The Morgan fingerprint density at radius 1 is 0.810 bits per heavy atom. The Hall–Kier alpha value is -0.870. The molecule has 2 aromatic rings. The van der Waals surface area contributed by atoms with Crippen molar-refractivity contribution in [3.63, 3.8) is 0 Å². The van der Waals surface area contributed by atoms with Crippen LogP contribution in [0.3, 0.4) is 0 Å². The Morgan fingerprint density at radius 2 is 1.29 bits per heavy atom. The van der Waals surface area contributed by atoms with E-state index in [9.17, 15) is 0 Å². The fraction of sp³-hybridized carbons (Fsp3) is 0.368. The molecule has 2 aromatic carbocycles. The van der Waals surface area contributed by atoms with Crippen molar-refractivity contribution in [2.24, 2.45) is 0 Å². The van der Waals surface area contributed by atoms with Gasteiger partial charge in [-0.2, -0.15) is 0 Å². The standard InChI is InChI=1S/C19H24IN/c1-11-12(2)14(4)18(15(5)13(11)3)19(21-6)16-9-7-8-10-17(16)20/h7-10,19,21H,1-6H3. The first-order valence-corrected chi connectivity index (χ1v) is 8.46. The van der Waals surface area contributed by atoms with Crippen LogP contribution in [0.2, 0.25) is 0 Å². The maximum absolute atomic E-state index is 3.53. The zero-order chi connectivity index (χ0) is 15.7. The van der Waals surface area contributed by atoms with Gasteiger partial charge in [0.05, 0.1) is 6.04 Å². The summed E-state index contributed by atoms with van der Waals surface area (Å²) in [5.74, 6) is 0. The van der Waals surface area contributed by atoms with Crippen molar-refractivity contribution < 1.29 is 0 Å². The van der Waals surface area contributed by atoms with Crippen molar-refractivity contribution in [2.75, 3.05) is 7.05 Å². The average molecular weight is 393 g/mol. The van der Waals surface area contributed by atoms with Gasteiger partial charge in [-0.15, -0.1) is 0 Å². The summed E-state index contributed by atoms with van der Waals surface area (Å²) in [4.78, 5) is 0. The summed E-state index contributed by atoms with van der Waals surface area (Å²) in [7, 11) is 2.05. The largest absolute Gasteiger partial charge is 0.309 e. The lowest BCUT2D eigenvalue weighted by Crippen LogP contribution is -2.22. The minimum atomic E-state index is 0.246. The van der Waals surface area contributed by atoms with Crippen LogP contribution in [0, 0.1) is 38.2 Å². The molecule has 1 atom stereocenters. The van der Waals surface area contributed by atoms with Crippen molar-refractivity contribution in [2.45, 2.75) is 40.7 Å². The van der Waals surface area contributed by atoms with Gasteiger partial charge in [-0.25, -0.2) is 0 Å². The molecule has 0 amide bonds. The Kier molecular flexibility index (Phi) is 5.10. The molecule has 0 aliphatic heterocycles. The van der Waals surface area contributed by atoms with Crippen LogP contribution in [-0.4, -0.2) is 7.05 Å². The van der Waals surface area contributed by atoms with Crippen molar-refractivity contribution in [1.82, 2.24) is 5.32 Å². The van der Waals surface area contributed by atoms with Crippen LogP contribution < -0.4 is 5.32 Å². The average Bonchev–Trinajstić information content (AvgIpc) is 2.48. The van der Waals surface area contributed by atoms with Crippen molar-refractivity contribution in [1.29, 1.82) is 0 Å². The Morgan fingerprint density at radius 3 is 1.76 bits per heavy atom. The van der Waals surface area contributed by atoms with Crippen LogP contribution in [0.4, 0.5) is 0 Å². The summed E-state index contributed by atoms with van der Waals surface area (Å²) in [6, 6.07) is 8.88. The van der Waals surface area contributed by atoms with Gasteiger partial charge >= 0.3 is 0 Å². The normalized spacial score (nSPS) is 12.5. The van der Waals surface area contributed by atoms with Gasteiger partial charge in [-0.3, -0.25) is 0 Å². The molecule has 0 heterocycles. The Bertz CT molecular complexity index is 645. The molecule has 0 spiro atoms. The quantitative estimate of drug-likeness (QED) is 0.712. The molecule has 0 bridgehead atoms. The van der Waals surface area contributed by atoms with E-state index in [1.165, 1.54) is 42.5 Å². The first-order chi connectivity index (χ1) is 9.90. The molecule has 0 fully saturated rings. The van der Waals surface area contributed by atoms with Crippen molar-refractivity contribution >= 4 is 22.6 Å². The summed E-state index contributed by atoms with van der Waals surface area (Å²) in [6.07, 6.45) is 0. The zero-order valence-electron chi connectivity index (χ0n) is 13.8. The van der Waals surface area contributed by atoms with Gasteiger partial charge in [-0.05, 0) is 109 Å². The molecule has 2 rings (SSSR count). The van der Waals surface area contributed by atoms with E-state index in [0.29, 0.717) is 0 Å². The van der Waals surface area contributed by atoms with E-state index >= 15 is 0 Å². The molecule has 0 aliphatic rings. The van der Waals surface area contributed by atoms with Crippen LogP contribution in [0.1, 0.15) is 45.0 Å². The molecular formula is C19H24IN. The van der Waals surface area contributed by atoms with Gasteiger partial charge in [0, 0.05) is 3.57 Å². The molecule has 1 unspecified atom stereocenters. The number of hydrogen-bond donors (Lipinski definition) is 1. The molecule has 1 N–H and O–H groups in total. The Balaban J connectivity index is 2.73. The fourth-order valence-electron chi connectivity index (χ4n) is 3.13. The first-order valence-electron chi connectivity index (χ1n) is 7.38. The molecule has 1 nitrogen and oxygen atoms in total. The van der Waals surface area contributed by atoms with E-state index in [0.717, 1.165) is 0 Å². The molecule has 112 valence electrons. The summed E-state index contributed by atoms with van der Waals surface area (Å²) in [5, 5.41) is 3.53. The van der Waals surface area contributed by atoms with Gasteiger partial charge in [0.2, 0.25) is 0 Å². The smallest absolute Gasteiger partial charge is 0.0590 e. The van der Waals surface area contributed by atoms with Crippen LogP contribution in [0.25, 0.3) is 0 Å². The van der Waals surface area contributed by atoms with Crippen LogP contribution in [0.5, 0.6) is 0 Å². The predicted octanol–water partition coefficient (Wildman–Crippen LogP) is 5.14. The SMILES string of the molecule is CNC(c1ccccc1I)c1c(C)c(C)c(C)c(C)c1C. The second kappa shape index (κ2) is 6.49. The zero-order valence-corrected chi connectivity index (χ0v) is 15.9. The van der Waals surface area contributed by atoms with Crippen molar-refractivity contribution in [3.05, 3.63) is 66.8 Å². The molecule has 0 aliphatic carbocycles.